The summed E-state index contributed by atoms with van der Waals surface area (Å²) in [7, 11) is 0. The van der Waals surface area contributed by atoms with Crippen molar-refractivity contribution in [1.82, 2.24) is 0 Å². The van der Waals surface area contributed by atoms with Crippen molar-refractivity contribution in [3.63, 3.8) is 0 Å². The highest BCUT2D eigenvalue weighted by Gasteiger charge is 2.18. The molecule has 0 atom stereocenters. The first-order valence-corrected chi connectivity index (χ1v) is 7.52. The molecule has 2 aromatic carbocycles. The minimum atomic E-state index is -0.509. The fraction of sp³-hybridized carbons (Fsp3) is 0.0625. The summed E-state index contributed by atoms with van der Waals surface area (Å²) < 4.78 is 14.6. The van der Waals surface area contributed by atoms with Gasteiger partial charge < -0.3 is 5.32 Å². The molecule has 0 aliphatic heterocycles. The number of non-ortho nitro benzene ring substituents is 1. The van der Waals surface area contributed by atoms with Crippen LogP contribution < -0.4 is 5.32 Å². The molecular weight excluding hydrogens is 319 g/mol. The van der Waals surface area contributed by atoms with Crippen LogP contribution in [0.1, 0.15) is 15.2 Å². The molecule has 3 aromatic rings. The van der Waals surface area contributed by atoms with Crippen molar-refractivity contribution < 1.29 is 14.1 Å². The molecule has 0 saturated heterocycles. The van der Waals surface area contributed by atoms with Gasteiger partial charge >= 0.3 is 0 Å². The highest BCUT2D eigenvalue weighted by atomic mass is 32.1. The molecule has 23 heavy (non-hydrogen) atoms. The Kier molecular flexibility index (Phi) is 3.79. The number of benzene rings is 2. The maximum absolute atomic E-state index is 13.9. The van der Waals surface area contributed by atoms with Crippen molar-refractivity contribution >= 4 is 38.7 Å². The van der Waals surface area contributed by atoms with Gasteiger partial charge in [-0.2, -0.15) is 0 Å². The number of thiophene rings is 1. The van der Waals surface area contributed by atoms with E-state index in [1.807, 2.05) is 0 Å². The van der Waals surface area contributed by atoms with Gasteiger partial charge in [0.15, 0.2) is 0 Å². The molecule has 0 saturated carbocycles. The molecule has 116 valence electrons. The van der Waals surface area contributed by atoms with E-state index in [1.165, 1.54) is 41.7 Å². The number of nitro groups is 1. The van der Waals surface area contributed by atoms with E-state index in [2.05, 4.69) is 5.32 Å². The maximum atomic E-state index is 13.9. The van der Waals surface area contributed by atoms with Gasteiger partial charge in [0.05, 0.1) is 9.80 Å². The van der Waals surface area contributed by atoms with Crippen LogP contribution in [0.5, 0.6) is 0 Å². The Morgan fingerprint density at radius 1 is 1.22 bits per heavy atom. The molecule has 1 heterocycles. The molecular formula is C16H11FN2O3S. The third-order valence-electron chi connectivity index (χ3n) is 3.45. The van der Waals surface area contributed by atoms with Crippen molar-refractivity contribution in [2.75, 3.05) is 5.32 Å². The molecule has 1 amide bonds. The molecule has 7 heteroatoms. The summed E-state index contributed by atoms with van der Waals surface area (Å²) in [5, 5.41) is 13.7. The Morgan fingerprint density at radius 3 is 2.52 bits per heavy atom. The Labute approximate surface area is 134 Å². The first-order valence-electron chi connectivity index (χ1n) is 6.71. The third kappa shape index (κ3) is 2.78. The average molecular weight is 330 g/mol. The second kappa shape index (κ2) is 5.77. The number of halogens is 1. The molecule has 0 aliphatic rings. The second-order valence-corrected chi connectivity index (χ2v) is 5.98. The van der Waals surface area contributed by atoms with E-state index < -0.39 is 4.92 Å². The highest BCUT2D eigenvalue weighted by molar-refractivity contribution is 7.21. The van der Waals surface area contributed by atoms with E-state index in [4.69, 9.17) is 0 Å². The largest absolute Gasteiger partial charge is 0.321 e. The third-order valence-corrected chi connectivity index (χ3v) is 4.70. The van der Waals surface area contributed by atoms with Crippen LogP contribution in [0.4, 0.5) is 15.8 Å². The van der Waals surface area contributed by atoms with E-state index in [0.717, 1.165) is 0 Å². The van der Waals surface area contributed by atoms with Crippen molar-refractivity contribution in [1.29, 1.82) is 0 Å². The Bertz CT molecular complexity index is 919. The number of hydrogen-bond donors (Lipinski definition) is 1. The molecule has 1 N–H and O–H groups in total. The number of hydrogen-bond acceptors (Lipinski definition) is 4. The first-order chi connectivity index (χ1) is 11.0. The Balaban J connectivity index is 1.90. The second-order valence-electron chi connectivity index (χ2n) is 4.93. The number of anilines is 1. The van der Waals surface area contributed by atoms with Gasteiger partial charge in [-0.1, -0.05) is 6.07 Å². The van der Waals surface area contributed by atoms with Crippen LogP contribution in [-0.4, -0.2) is 10.8 Å². The van der Waals surface area contributed by atoms with Crippen molar-refractivity contribution in [2.45, 2.75) is 6.92 Å². The number of rotatable bonds is 3. The fourth-order valence-corrected chi connectivity index (χ4v) is 3.44. The van der Waals surface area contributed by atoms with Gasteiger partial charge in [-0.05, 0) is 36.8 Å². The summed E-state index contributed by atoms with van der Waals surface area (Å²) in [6.07, 6.45) is 0. The van der Waals surface area contributed by atoms with Crippen LogP contribution >= 0.6 is 11.3 Å². The normalized spacial score (nSPS) is 10.7. The van der Waals surface area contributed by atoms with Gasteiger partial charge in [-0.3, -0.25) is 14.9 Å². The van der Waals surface area contributed by atoms with Crippen molar-refractivity contribution in [3.8, 4) is 0 Å². The zero-order valence-electron chi connectivity index (χ0n) is 12.0. The van der Waals surface area contributed by atoms with Gasteiger partial charge in [0.2, 0.25) is 0 Å². The van der Waals surface area contributed by atoms with E-state index >= 15 is 0 Å². The zero-order valence-corrected chi connectivity index (χ0v) is 12.8. The van der Waals surface area contributed by atoms with Crippen LogP contribution in [-0.2, 0) is 0 Å². The first kappa shape index (κ1) is 15.1. The molecule has 1 aromatic heterocycles. The molecule has 3 rings (SSSR count). The lowest BCUT2D eigenvalue weighted by molar-refractivity contribution is -0.384. The lowest BCUT2D eigenvalue weighted by Crippen LogP contribution is -2.11. The monoisotopic (exact) mass is 330 g/mol. The highest BCUT2D eigenvalue weighted by Crippen LogP contribution is 2.33. The molecule has 5 nitrogen and oxygen atoms in total. The summed E-state index contributed by atoms with van der Waals surface area (Å²) in [5.74, 6) is -0.720. The molecule has 0 unspecified atom stereocenters. The lowest BCUT2D eigenvalue weighted by Gasteiger charge is -2.04. The molecule has 0 radical (unpaired) electrons. The van der Waals surface area contributed by atoms with E-state index in [1.54, 1.807) is 19.1 Å². The number of amides is 1. The fourth-order valence-electron chi connectivity index (χ4n) is 2.32. The quantitative estimate of drug-likeness (QED) is 0.567. The van der Waals surface area contributed by atoms with Gasteiger partial charge in [0.1, 0.15) is 5.82 Å². The minimum absolute atomic E-state index is 0.0527. The summed E-state index contributed by atoms with van der Waals surface area (Å²) >= 11 is 1.21. The van der Waals surface area contributed by atoms with Crippen LogP contribution in [0, 0.1) is 22.9 Å². The van der Waals surface area contributed by atoms with Gasteiger partial charge in [-0.15, -0.1) is 11.3 Å². The number of fused-ring (bicyclic) bond motifs is 1. The standard InChI is InChI=1S/C16H11FN2O3S/c1-9-14-12(17)3-2-4-13(14)23-15(9)16(20)18-10-5-7-11(8-6-10)19(21)22/h2-8H,1H3,(H,18,20). The van der Waals surface area contributed by atoms with Crippen LogP contribution in [0.2, 0.25) is 0 Å². The average Bonchev–Trinajstić information content (AvgIpc) is 2.86. The van der Waals surface area contributed by atoms with Gasteiger partial charge in [-0.25, -0.2) is 4.39 Å². The summed E-state index contributed by atoms with van der Waals surface area (Å²) in [5.41, 5.74) is 0.976. The van der Waals surface area contributed by atoms with E-state index in [9.17, 15) is 19.3 Å². The van der Waals surface area contributed by atoms with Crippen molar-refractivity contribution in [2.24, 2.45) is 0 Å². The number of nitrogens with one attached hydrogen (secondary N) is 1. The number of carbonyl (C=O) groups is 1. The Morgan fingerprint density at radius 2 is 1.91 bits per heavy atom. The number of nitrogens with zero attached hydrogens (tertiary/aromatic N) is 1. The zero-order chi connectivity index (χ0) is 16.6. The number of aryl methyl sites for hydroxylation is 1. The molecule has 0 fully saturated rings. The van der Waals surface area contributed by atoms with Crippen LogP contribution in [0.25, 0.3) is 10.1 Å². The van der Waals surface area contributed by atoms with Gasteiger partial charge in [0, 0.05) is 27.9 Å². The SMILES string of the molecule is Cc1c(C(=O)Nc2ccc([N+](=O)[O-])cc2)sc2cccc(F)c12. The topological polar surface area (TPSA) is 72.2 Å². The van der Waals surface area contributed by atoms with Crippen LogP contribution in [0.3, 0.4) is 0 Å². The number of carbonyl (C=O) groups excluding carboxylic acids is 1. The van der Waals surface area contributed by atoms with E-state index in [0.29, 0.717) is 26.2 Å². The van der Waals surface area contributed by atoms with Crippen LogP contribution in [0.15, 0.2) is 42.5 Å². The predicted octanol–water partition coefficient (Wildman–Crippen LogP) is 4.51. The maximum Gasteiger partial charge on any atom is 0.269 e. The lowest BCUT2D eigenvalue weighted by atomic mass is 10.1. The summed E-state index contributed by atoms with van der Waals surface area (Å²) in [6, 6.07) is 10.3. The summed E-state index contributed by atoms with van der Waals surface area (Å²) in [6.45, 7) is 1.70. The van der Waals surface area contributed by atoms with E-state index in [-0.39, 0.29) is 17.4 Å². The van der Waals surface area contributed by atoms with Gasteiger partial charge in [0.25, 0.3) is 11.6 Å². The molecule has 0 aliphatic carbocycles. The smallest absolute Gasteiger partial charge is 0.269 e. The minimum Gasteiger partial charge on any atom is -0.321 e. The predicted molar refractivity (Wildman–Crippen MR) is 87.6 cm³/mol. The Hall–Kier alpha value is -2.80. The molecule has 0 bridgehead atoms. The van der Waals surface area contributed by atoms with Crippen molar-refractivity contribution in [3.05, 3.63) is 68.8 Å². The molecule has 0 spiro atoms. The number of nitro benzene ring substituents is 1. The summed E-state index contributed by atoms with van der Waals surface area (Å²) in [4.78, 5) is 22.9.